The van der Waals surface area contributed by atoms with Crippen LogP contribution >= 0.6 is 11.3 Å². The molecule has 1 heterocycles. The summed E-state index contributed by atoms with van der Waals surface area (Å²) in [5.74, 6) is -2.63. The van der Waals surface area contributed by atoms with E-state index in [1.807, 2.05) is 0 Å². The first-order valence-corrected chi connectivity index (χ1v) is 6.09. The van der Waals surface area contributed by atoms with Crippen molar-refractivity contribution in [2.45, 2.75) is 27.3 Å². The van der Waals surface area contributed by atoms with Gasteiger partial charge >= 0.3 is 5.97 Å². The van der Waals surface area contributed by atoms with Gasteiger partial charge < -0.3 is 10.4 Å². The molecule has 17 heavy (non-hydrogen) atoms. The fourth-order valence-electron chi connectivity index (χ4n) is 1.48. The topological polar surface area (TPSA) is 79.3 Å². The van der Waals surface area contributed by atoms with Gasteiger partial charge in [-0.05, 0) is 5.41 Å². The molecule has 0 aliphatic heterocycles. The molecule has 5 nitrogen and oxygen atoms in total. The molecule has 0 radical (unpaired) electrons. The van der Waals surface area contributed by atoms with Gasteiger partial charge in [0.25, 0.3) is 0 Å². The number of aromatic nitrogens is 1. The van der Waals surface area contributed by atoms with Gasteiger partial charge in [0.05, 0.1) is 6.54 Å². The molecule has 0 aliphatic rings. The van der Waals surface area contributed by atoms with E-state index in [2.05, 4.69) is 10.3 Å². The molecular weight excluding hydrogens is 240 g/mol. The van der Waals surface area contributed by atoms with Crippen LogP contribution in [-0.4, -0.2) is 22.0 Å². The molecule has 1 aromatic rings. The van der Waals surface area contributed by atoms with E-state index in [1.54, 1.807) is 32.3 Å². The number of carboxylic acid groups (broad SMARTS) is 1. The molecule has 0 aliphatic carbocycles. The molecular formula is C11H16N2O3S. The summed E-state index contributed by atoms with van der Waals surface area (Å²) in [6.45, 7) is 5.47. The number of carboxylic acids is 1. The van der Waals surface area contributed by atoms with Crippen molar-refractivity contribution in [1.82, 2.24) is 10.3 Å². The second kappa shape index (κ2) is 5.27. The third-order valence-electron chi connectivity index (χ3n) is 2.27. The third kappa shape index (κ3) is 3.81. The molecule has 1 aromatic heterocycles. The summed E-state index contributed by atoms with van der Waals surface area (Å²) < 4.78 is 0. The van der Waals surface area contributed by atoms with Crippen molar-refractivity contribution in [3.05, 3.63) is 16.6 Å². The van der Waals surface area contributed by atoms with Crippen molar-refractivity contribution >= 4 is 23.2 Å². The zero-order chi connectivity index (χ0) is 13.1. The van der Waals surface area contributed by atoms with Gasteiger partial charge in [0.1, 0.15) is 10.9 Å². The highest BCUT2D eigenvalue weighted by molar-refractivity contribution is 7.09. The summed E-state index contributed by atoms with van der Waals surface area (Å²) in [4.78, 5) is 26.9. The van der Waals surface area contributed by atoms with Crippen LogP contribution in [0.25, 0.3) is 0 Å². The normalized spacial score (nSPS) is 13.1. The van der Waals surface area contributed by atoms with E-state index in [0.29, 0.717) is 0 Å². The number of carbonyl (C=O) groups is 2. The number of aliphatic carboxylic acids is 1. The zero-order valence-corrected chi connectivity index (χ0v) is 10.9. The van der Waals surface area contributed by atoms with Crippen LogP contribution < -0.4 is 5.32 Å². The Morgan fingerprint density at radius 1 is 1.53 bits per heavy atom. The van der Waals surface area contributed by atoms with Crippen LogP contribution in [0.15, 0.2) is 11.6 Å². The molecule has 2 N–H and O–H groups in total. The summed E-state index contributed by atoms with van der Waals surface area (Å²) in [6, 6.07) is 0. The zero-order valence-electron chi connectivity index (χ0n) is 10.1. The van der Waals surface area contributed by atoms with Gasteiger partial charge in [-0.3, -0.25) is 9.59 Å². The van der Waals surface area contributed by atoms with Crippen molar-refractivity contribution in [3.8, 4) is 0 Å². The number of nitrogens with zero attached hydrogens (tertiary/aromatic N) is 1. The standard InChI is InChI=1S/C11H16N2O3S/c1-11(2,3)8(10(15)16)9(14)13-6-7-12-4-5-17-7/h4-5,8H,6H2,1-3H3,(H,13,14)(H,15,16). The Balaban J connectivity index is 2.64. The Bertz CT molecular complexity index is 395. The molecule has 0 fully saturated rings. The van der Waals surface area contributed by atoms with E-state index in [1.165, 1.54) is 11.3 Å². The second-order valence-corrected chi connectivity index (χ2v) is 5.76. The van der Waals surface area contributed by atoms with E-state index in [-0.39, 0.29) is 6.54 Å². The van der Waals surface area contributed by atoms with Gasteiger partial charge in [0.15, 0.2) is 0 Å². The smallest absolute Gasteiger partial charge is 0.316 e. The average molecular weight is 256 g/mol. The van der Waals surface area contributed by atoms with Gasteiger partial charge in [0.2, 0.25) is 5.91 Å². The van der Waals surface area contributed by atoms with Gasteiger partial charge in [0, 0.05) is 11.6 Å². The Kier molecular flexibility index (Phi) is 4.22. The Morgan fingerprint density at radius 2 is 2.18 bits per heavy atom. The molecule has 0 bridgehead atoms. The van der Waals surface area contributed by atoms with Gasteiger partial charge in [-0.25, -0.2) is 4.98 Å². The first-order valence-electron chi connectivity index (χ1n) is 5.21. The number of hydrogen-bond donors (Lipinski definition) is 2. The van der Waals surface area contributed by atoms with Crippen LogP contribution in [0.5, 0.6) is 0 Å². The van der Waals surface area contributed by atoms with Gasteiger partial charge in [-0.1, -0.05) is 20.8 Å². The lowest BCUT2D eigenvalue weighted by atomic mass is 9.80. The molecule has 6 heteroatoms. The Morgan fingerprint density at radius 3 is 2.59 bits per heavy atom. The van der Waals surface area contributed by atoms with Crippen LogP contribution in [-0.2, 0) is 16.1 Å². The lowest BCUT2D eigenvalue weighted by Crippen LogP contribution is -2.42. The average Bonchev–Trinajstić information content (AvgIpc) is 2.63. The molecule has 1 atom stereocenters. The number of amides is 1. The molecule has 94 valence electrons. The third-order valence-corrected chi connectivity index (χ3v) is 3.05. The number of thiazole rings is 1. The van der Waals surface area contributed by atoms with Crippen LogP contribution in [0, 0.1) is 11.3 Å². The molecule has 0 aromatic carbocycles. The van der Waals surface area contributed by atoms with Crippen LogP contribution in [0.3, 0.4) is 0 Å². The summed E-state index contributed by atoms with van der Waals surface area (Å²) in [5.41, 5.74) is -0.612. The monoisotopic (exact) mass is 256 g/mol. The molecule has 1 unspecified atom stereocenters. The highest BCUT2D eigenvalue weighted by atomic mass is 32.1. The molecule has 1 rings (SSSR count). The second-order valence-electron chi connectivity index (χ2n) is 4.78. The fraction of sp³-hybridized carbons (Fsp3) is 0.545. The minimum Gasteiger partial charge on any atom is -0.481 e. The van der Waals surface area contributed by atoms with Crippen molar-refractivity contribution < 1.29 is 14.7 Å². The molecule has 0 saturated heterocycles. The summed E-state index contributed by atoms with van der Waals surface area (Å²) in [5, 5.41) is 14.2. The number of nitrogens with one attached hydrogen (secondary N) is 1. The minimum atomic E-state index is -1.10. The van der Waals surface area contributed by atoms with Crippen molar-refractivity contribution in [1.29, 1.82) is 0 Å². The lowest BCUT2D eigenvalue weighted by molar-refractivity contribution is -0.151. The number of hydrogen-bond acceptors (Lipinski definition) is 4. The molecule has 0 spiro atoms. The first kappa shape index (κ1) is 13.6. The maximum Gasteiger partial charge on any atom is 0.316 e. The SMILES string of the molecule is CC(C)(C)C(C(=O)O)C(=O)NCc1nccs1. The van der Waals surface area contributed by atoms with Crippen molar-refractivity contribution in [3.63, 3.8) is 0 Å². The molecule has 1 amide bonds. The summed E-state index contributed by atoms with van der Waals surface area (Å²) >= 11 is 1.42. The van der Waals surface area contributed by atoms with Gasteiger partial charge in [-0.15, -0.1) is 11.3 Å². The summed E-state index contributed by atoms with van der Waals surface area (Å²) in [6.07, 6.45) is 1.64. The number of carbonyl (C=O) groups excluding carboxylic acids is 1. The highest BCUT2D eigenvalue weighted by Gasteiger charge is 2.37. The van der Waals surface area contributed by atoms with Gasteiger partial charge in [-0.2, -0.15) is 0 Å². The molecule has 0 saturated carbocycles. The highest BCUT2D eigenvalue weighted by Crippen LogP contribution is 2.26. The largest absolute Gasteiger partial charge is 0.481 e. The van der Waals surface area contributed by atoms with Crippen molar-refractivity contribution in [2.75, 3.05) is 0 Å². The fourth-order valence-corrected chi connectivity index (χ4v) is 2.04. The van der Waals surface area contributed by atoms with E-state index >= 15 is 0 Å². The Hall–Kier alpha value is -1.43. The van der Waals surface area contributed by atoms with Crippen molar-refractivity contribution in [2.24, 2.45) is 11.3 Å². The minimum absolute atomic E-state index is 0.274. The number of rotatable bonds is 4. The van der Waals surface area contributed by atoms with Crippen LogP contribution in [0.4, 0.5) is 0 Å². The van der Waals surface area contributed by atoms with Crippen LogP contribution in [0.1, 0.15) is 25.8 Å². The lowest BCUT2D eigenvalue weighted by Gasteiger charge is -2.25. The van der Waals surface area contributed by atoms with E-state index in [0.717, 1.165) is 5.01 Å². The maximum atomic E-state index is 11.8. The van der Waals surface area contributed by atoms with E-state index in [4.69, 9.17) is 5.11 Å². The predicted octanol–water partition coefficient (Wildman–Crippen LogP) is 1.51. The summed E-state index contributed by atoms with van der Waals surface area (Å²) in [7, 11) is 0. The predicted molar refractivity (Wildman–Crippen MR) is 64.5 cm³/mol. The maximum absolute atomic E-state index is 11.8. The quantitative estimate of drug-likeness (QED) is 0.800. The Labute approximate surface area is 104 Å². The van der Waals surface area contributed by atoms with E-state index in [9.17, 15) is 9.59 Å². The van der Waals surface area contributed by atoms with E-state index < -0.39 is 23.2 Å². The van der Waals surface area contributed by atoms with Crippen LogP contribution in [0.2, 0.25) is 0 Å². The first-order chi connectivity index (χ1) is 7.82.